The van der Waals surface area contributed by atoms with Gasteiger partial charge in [-0.2, -0.15) is 5.10 Å². The summed E-state index contributed by atoms with van der Waals surface area (Å²) in [6.07, 6.45) is 1.63. The predicted molar refractivity (Wildman–Crippen MR) is 73.3 cm³/mol. The standard InChI is InChI=1S/C14H21N3O/c1-11(18)6-5-9-15-10-13-12-7-3-4-8-14(12)17(2)16-13/h3-4,7-8,11,15,18H,5-6,9-10H2,1-2H3. The van der Waals surface area contributed by atoms with Crippen molar-refractivity contribution in [3.63, 3.8) is 0 Å². The van der Waals surface area contributed by atoms with E-state index >= 15 is 0 Å². The van der Waals surface area contributed by atoms with Crippen molar-refractivity contribution in [2.45, 2.75) is 32.4 Å². The van der Waals surface area contributed by atoms with Gasteiger partial charge in [0.2, 0.25) is 0 Å². The summed E-state index contributed by atoms with van der Waals surface area (Å²) in [7, 11) is 1.97. The first-order valence-electron chi connectivity index (χ1n) is 6.48. The quantitative estimate of drug-likeness (QED) is 0.766. The molecule has 1 atom stereocenters. The van der Waals surface area contributed by atoms with Crippen LogP contribution in [-0.2, 0) is 13.6 Å². The second-order valence-corrected chi connectivity index (χ2v) is 4.76. The predicted octanol–water partition coefficient (Wildman–Crippen LogP) is 1.82. The summed E-state index contributed by atoms with van der Waals surface area (Å²) in [4.78, 5) is 0. The van der Waals surface area contributed by atoms with Crippen LogP contribution in [-0.4, -0.2) is 27.5 Å². The molecule has 1 heterocycles. The Morgan fingerprint density at radius 2 is 2.17 bits per heavy atom. The number of nitrogens with zero attached hydrogens (tertiary/aromatic N) is 2. The van der Waals surface area contributed by atoms with Crippen LogP contribution < -0.4 is 5.32 Å². The molecule has 18 heavy (non-hydrogen) atoms. The topological polar surface area (TPSA) is 50.1 Å². The highest BCUT2D eigenvalue weighted by Crippen LogP contribution is 2.16. The van der Waals surface area contributed by atoms with Gasteiger partial charge in [-0.3, -0.25) is 4.68 Å². The third-order valence-corrected chi connectivity index (χ3v) is 3.10. The molecule has 1 aromatic heterocycles. The molecule has 4 heteroatoms. The Hall–Kier alpha value is -1.39. The second kappa shape index (κ2) is 5.98. The molecule has 98 valence electrons. The lowest BCUT2D eigenvalue weighted by atomic mass is 10.2. The van der Waals surface area contributed by atoms with Crippen LogP contribution in [0, 0.1) is 0 Å². The second-order valence-electron chi connectivity index (χ2n) is 4.76. The summed E-state index contributed by atoms with van der Waals surface area (Å²) in [5.41, 5.74) is 2.25. The number of nitrogens with one attached hydrogen (secondary N) is 1. The molecule has 0 spiro atoms. The van der Waals surface area contributed by atoms with Crippen LogP contribution in [0.15, 0.2) is 24.3 Å². The van der Waals surface area contributed by atoms with E-state index in [-0.39, 0.29) is 6.10 Å². The zero-order chi connectivity index (χ0) is 13.0. The lowest BCUT2D eigenvalue weighted by molar-refractivity contribution is 0.181. The Kier molecular flexibility index (Phi) is 4.33. The van der Waals surface area contributed by atoms with E-state index in [9.17, 15) is 0 Å². The number of hydrogen-bond donors (Lipinski definition) is 2. The Labute approximate surface area is 108 Å². The van der Waals surface area contributed by atoms with Crippen LogP contribution in [0.1, 0.15) is 25.5 Å². The van der Waals surface area contributed by atoms with E-state index in [0.29, 0.717) is 0 Å². The maximum atomic E-state index is 9.17. The average molecular weight is 247 g/mol. The van der Waals surface area contributed by atoms with E-state index in [0.717, 1.165) is 31.6 Å². The fourth-order valence-electron chi connectivity index (χ4n) is 2.15. The molecule has 0 amide bonds. The minimum absolute atomic E-state index is 0.206. The summed E-state index contributed by atoms with van der Waals surface area (Å²) < 4.78 is 1.92. The number of aryl methyl sites for hydroxylation is 1. The number of rotatable bonds is 6. The third kappa shape index (κ3) is 3.09. The average Bonchev–Trinajstić information content (AvgIpc) is 2.66. The van der Waals surface area contributed by atoms with Crippen molar-refractivity contribution in [1.29, 1.82) is 0 Å². The van der Waals surface area contributed by atoms with Gasteiger partial charge in [-0.25, -0.2) is 0 Å². The monoisotopic (exact) mass is 247 g/mol. The van der Waals surface area contributed by atoms with Crippen LogP contribution >= 0.6 is 0 Å². The van der Waals surface area contributed by atoms with Gasteiger partial charge in [-0.05, 0) is 32.4 Å². The van der Waals surface area contributed by atoms with Crippen molar-refractivity contribution in [3.8, 4) is 0 Å². The van der Waals surface area contributed by atoms with E-state index in [2.05, 4.69) is 22.5 Å². The maximum Gasteiger partial charge on any atom is 0.0841 e. The minimum Gasteiger partial charge on any atom is -0.393 e. The molecule has 0 aliphatic heterocycles. The van der Waals surface area contributed by atoms with Gasteiger partial charge < -0.3 is 10.4 Å². The van der Waals surface area contributed by atoms with E-state index in [1.54, 1.807) is 0 Å². The number of fused-ring (bicyclic) bond motifs is 1. The molecule has 2 aromatic rings. The van der Waals surface area contributed by atoms with Gasteiger partial charge in [0.25, 0.3) is 0 Å². The summed E-state index contributed by atoms with van der Waals surface area (Å²) in [6, 6.07) is 8.26. The molecule has 0 radical (unpaired) electrons. The first-order chi connectivity index (χ1) is 8.68. The Bertz CT molecular complexity index is 505. The molecule has 0 aliphatic rings. The summed E-state index contributed by atoms with van der Waals surface area (Å²) in [5.74, 6) is 0. The van der Waals surface area contributed by atoms with Gasteiger partial charge in [-0.15, -0.1) is 0 Å². The van der Waals surface area contributed by atoms with Crippen molar-refractivity contribution < 1.29 is 5.11 Å². The van der Waals surface area contributed by atoms with Crippen molar-refractivity contribution >= 4 is 10.9 Å². The van der Waals surface area contributed by atoms with Gasteiger partial charge in [0, 0.05) is 19.0 Å². The van der Waals surface area contributed by atoms with Crippen LogP contribution in [0.5, 0.6) is 0 Å². The molecular formula is C14H21N3O. The zero-order valence-corrected chi connectivity index (χ0v) is 11.1. The first kappa shape index (κ1) is 13.1. The number of hydrogen-bond acceptors (Lipinski definition) is 3. The van der Waals surface area contributed by atoms with E-state index in [1.807, 2.05) is 30.8 Å². The van der Waals surface area contributed by atoms with E-state index in [1.165, 1.54) is 10.9 Å². The van der Waals surface area contributed by atoms with Gasteiger partial charge in [0.15, 0.2) is 0 Å². The number of para-hydroxylation sites is 1. The highest BCUT2D eigenvalue weighted by Gasteiger charge is 2.06. The Morgan fingerprint density at radius 1 is 1.39 bits per heavy atom. The minimum atomic E-state index is -0.206. The van der Waals surface area contributed by atoms with Gasteiger partial charge in [0.05, 0.1) is 17.3 Å². The Balaban J connectivity index is 1.92. The molecule has 0 fully saturated rings. The molecule has 1 unspecified atom stereocenters. The SMILES string of the molecule is CC(O)CCCNCc1nn(C)c2ccccc12. The fraction of sp³-hybridized carbons (Fsp3) is 0.500. The van der Waals surface area contributed by atoms with Crippen LogP contribution in [0.25, 0.3) is 10.9 Å². The first-order valence-corrected chi connectivity index (χ1v) is 6.48. The van der Waals surface area contributed by atoms with Crippen LogP contribution in [0.3, 0.4) is 0 Å². The largest absolute Gasteiger partial charge is 0.393 e. The van der Waals surface area contributed by atoms with Crippen molar-refractivity contribution in [1.82, 2.24) is 15.1 Å². The zero-order valence-electron chi connectivity index (χ0n) is 11.1. The molecule has 1 aromatic carbocycles. The maximum absolute atomic E-state index is 9.17. The number of aliphatic hydroxyl groups is 1. The number of aromatic nitrogens is 2. The lowest BCUT2D eigenvalue weighted by Crippen LogP contribution is -2.16. The summed E-state index contributed by atoms with van der Waals surface area (Å²) in [5, 5.41) is 18.3. The normalized spacial score (nSPS) is 13.1. The van der Waals surface area contributed by atoms with Crippen molar-refractivity contribution in [2.24, 2.45) is 7.05 Å². The van der Waals surface area contributed by atoms with Crippen LogP contribution in [0.2, 0.25) is 0 Å². The van der Waals surface area contributed by atoms with Crippen molar-refractivity contribution in [2.75, 3.05) is 6.54 Å². The van der Waals surface area contributed by atoms with E-state index < -0.39 is 0 Å². The highest BCUT2D eigenvalue weighted by atomic mass is 16.3. The number of benzene rings is 1. The summed E-state index contributed by atoms with van der Waals surface area (Å²) in [6.45, 7) is 3.52. The van der Waals surface area contributed by atoms with Gasteiger partial charge in [0.1, 0.15) is 0 Å². The van der Waals surface area contributed by atoms with Gasteiger partial charge in [-0.1, -0.05) is 18.2 Å². The molecule has 0 saturated heterocycles. The smallest absolute Gasteiger partial charge is 0.0841 e. The molecule has 2 N–H and O–H groups in total. The third-order valence-electron chi connectivity index (χ3n) is 3.10. The molecular weight excluding hydrogens is 226 g/mol. The molecule has 2 rings (SSSR count). The summed E-state index contributed by atoms with van der Waals surface area (Å²) >= 11 is 0. The van der Waals surface area contributed by atoms with Gasteiger partial charge >= 0.3 is 0 Å². The molecule has 0 saturated carbocycles. The molecule has 0 aliphatic carbocycles. The highest BCUT2D eigenvalue weighted by molar-refractivity contribution is 5.81. The molecule has 0 bridgehead atoms. The fourth-order valence-corrected chi connectivity index (χ4v) is 2.15. The van der Waals surface area contributed by atoms with Crippen molar-refractivity contribution in [3.05, 3.63) is 30.0 Å². The Morgan fingerprint density at radius 3 is 2.94 bits per heavy atom. The van der Waals surface area contributed by atoms with E-state index in [4.69, 9.17) is 5.11 Å². The molecule has 4 nitrogen and oxygen atoms in total. The number of aliphatic hydroxyl groups excluding tert-OH is 1. The van der Waals surface area contributed by atoms with Crippen LogP contribution in [0.4, 0.5) is 0 Å². The lowest BCUT2D eigenvalue weighted by Gasteiger charge is -2.05.